The molecule has 7 nitrogen and oxygen atoms in total. The summed E-state index contributed by atoms with van der Waals surface area (Å²) in [6.07, 6.45) is 16.4. The molecule has 1 atom stereocenters. The average Bonchev–Trinajstić information content (AvgIpc) is 2.80. The number of hydrogen-bond donors (Lipinski definition) is 5. The molecule has 0 aliphatic rings. The van der Waals surface area contributed by atoms with E-state index < -0.39 is 15.2 Å². The van der Waals surface area contributed by atoms with Crippen LogP contribution in [0.1, 0.15) is 103 Å². The minimum Gasteiger partial charge on any atom is -0.330 e. The van der Waals surface area contributed by atoms with Crippen molar-refractivity contribution < 1.29 is 8.42 Å². The SMILES string of the molecule is CCCCCCCCCCS(=O)(=O)C(N)CCCNCCCNCCCCNCCCCN. The summed E-state index contributed by atoms with van der Waals surface area (Å²) < 4.78 is 24.7. The molecule has 7 N–H and O–H groups in total. The van der Waals surface area contributed by atoms with Crippen molar-refractivity contribution in [2.24, 2.45) is 11.5 Å². The molecular formula is C25H57N5O2S. The molecule has 0 aromatic rings. The monoisotopic (exact) mass is 491 g/mol. The van der Waals surface area contributed by atoms with Gasteiger partial charge in [-0.05, 0) is 97.2 Å². The lowest BCUT2D eigenvalue weighted by Crippen LogP contribution is -2.33. The topological polar surface area (TPSA) is 122 Å². The Labute approximate surface area is 205 Å². The van der Waals surface area contributed by atoms with Gasteiger partial charge in [-0.3, -0.25) is 0 Å². The molecule has 0 rings (SSSR count). The molecule has 0 aromatic carbocycles. The molecule has 0 spiro atoms. The van der Waals surface area contributed by atoms with Gasteiger partial charge >= 0.3 is 0 Å². The number of nitrogens with one attached hydrogen (secondary N) is 3. The van der Waals surface area contributed by atoms with E-state index in [4.69, 9.17) is 11.5 Å². The molecule has 0 aromatic heterocycles. The van der Waals surface area contributed by atoms with Gasteiger partial charge in [0.1, 0.15) is 5.37 Å². The largest absolute Gasteiger partial charge is 0.330 e. The number of unbranched alkanes of at least 4 members (excludes halogenated alkanes) is 9. The van der Waals surface area contributed by atoms with E-state index in [-0.39, 0.29) is 5.75 Å². The Morgan fingerprint density at radius 1 is 0.606 bits per heavy atom. The van der Waals surface area contributed by atoms with Gasteiger partial charge in [0.2, 0.25) is 0 Å². The fourth-order valence-corrected chi connectivity index (χ4v) is 5.24. The van der Waals surface area contributed by atoms with Crippen molar-refractivity contribution in [2.45, 2.75) is 109 Å². The van der Waals surface area contributed by atoms with Crippen LogP contribution in [0.5, 0.6) is 0 Å². The second-order valence-electron chi connectivity index (χ2n) is 9.33. The van der Waals surface area contributed by atoms with E-state index in [1.165, 1.54) is 51.4 Å². The molecule has 0 saturated carbocycles. The highest BCUT2D eigenvalue weighted by molar-refractivity contribution is 7.91. The second-order valence-corrected chi connectivity index (χ2v) is 11.7. The van der Waals surface area contributed by atoms with Crippen LogP contribution in [0, 0.1) is 0 Å². The summed E-state index contributed by atoms with van der Waals surface area (Å²) in [7, 11) is -3.15. The summed E-state index contributed by atoms with van der Waals surface area (Å²) in [4.78, 5) is 0. The first-order valence-corrected chi connectivity index (χ1v) is 15.6. The predicted molar refractivity (Wildman–Crippen MR) is 144 cm³/mol. The van der Waals surface area contributed by atoms with Gasteiger partial charge in [-0.2, -0.15) is 0 Å². The van der Waals surface area contributed by atoms with Crippen molar-refractivity contribution in [3.05, 3.63) is 0 Å². The third kappa shape index (κ3) is 23.3. The highest BCUT2D eigenvalue weighted by Crippen LogP contribution is 2.11. The van der Waals surface area contributed by atoms with Crippen molar-refractivity contribution in [1.82, 2.24) is 16.0 Å². The van der Waals surface area contributed by atoms with E-state index in [9.17, 15) is 8.42 Å². The quantitative estimate of drug-likeness (QED) is 0.112. The maximum atomic E-state index is 12.3. The molecule has 0 bridgehead atoms. The van der Waals surface area contributed by atoms with E-state index in [0.717, 1.165) is 84.3 Å². The number of rotatable bonds is 27. The number of sulfone groups is 1. The van der Waals surface area contributed by atoms with Crippen LogP contribution in [0.25, 0.3) is 0 Å². The Balaban J connectivity index is 3.42. The predicted octanol–water partition coefficient (Wildman–Crippen LogP) is 3.28. The molecule has 0 aliphatic carbocycles. The van der Waals surface area contributed by atoms with Crippen LogP contribution in [0.2, 0.25) is 0 Å². The number of hydrogen-bond acceptors (Lipinski definition) is 7. The Hall–Kier alpha value is -0.250. The number of nitrogens with two attached hydrogens (primary N) is 2. The summed E-state index contributed by atoms with van der Waals surface area (Å²) in [5.41, 5.74) is 11.5. The van der Waals surface area contributed by atoms with Gasteiger partial charge in [-0.15, -0.1) is 0 Å². The Bertz CT molecular complexity index is 491. The van der Waals surface area contributed by atoms with Gasteiger partial charge in [0.05, 0.1) is 5.75 Å². The van der Waals surface area contributed by atoms with Crippen molar-refractivity contribution in [3.63, 3.8) is 0 Å². The van der Waals surface area contributed by atoms with Gasteiger partial charge in [0.15, 0.2) is 9.84 Å². The molecule has 33 heavy (non-hydrogen) atoms. The standard InChI is InChI=1S/C25H57N5O2S/c1-2-3-4-5-6-7-8-13-24-33(31,32)25(27)16-14-21-30-23-15-22-29-20-12-11-19-28-18-10-9-17-26/h25,28-30H,2-24,26-27H2,1H3. The highest BCUT2D eigenvalue weighted by Gasteiger charge is 2.20. The molecule has 200 valence electrons. The molecule has 1 unspecified atom stereocenters. The van der Waals surface area contributed by atoms with Crippen molar-refractivity contribution in [3.8, 4) is 0 Å². The maximum absolute atomic E-state index is 12.3. The van der Waals surface area contributed by atoms with Crippen molar-refractivity contribution in [2.75, 3.05) is 51.6 Å². The smallest absolute Gasteiger partial charge is 0.165 e. The first-order chi connectivity index (χ1) is 16.0. The summed E-state index contributed by atoms with van der Waals surface area (Å²) in [6.45, 7) is 9.04. The zero-order valence-corrected chi connectivity index (χ0v) is 22.5. The van der Waals surface area contributed by atoms with Crippen LogP contribution in [0.15, 0.2) is 0 Å². The first-order valence-electron chi connectivity index (χ1n) is 13.8. The van der Waals surface area contributed by atoms with Gasteiger partial charge < -0.3 is 27.4 Å². The zero-order chi connectivity index (χ0) is 24.5. The summed E-state index contributed by atoms with van der Waals surface area (Å²) in [5, 5.41) is 9.63. The molecule has 0 fully saturated rings. The van der Waals surface area contributed by atoms with E-state index in [1.54, 1.807) is 0 Å². The van der Waals surface area contributed by atoms with Gasteiger partial charge in [-0.1, -0.05) is 51.9 Å². The first kappa shape index (κ1) is 32.8. The molecule has 0 amide bonds. The fourth-order valence-electron chi connectivity index (χ4n) is 3.80. The van der Waals surface area contributed by atoms with Crippen LogP contribution >= 0.6 is 0 Å². The Kier molecular flexibility index (Phi) is 24.7. The van der Waals surface area contributed by atoms with Crippen LogP contribution in [-0.4, -0.2) is 65.4 Å². The van der Waals surface area contributed by atoms with Crippen molar-refractivity contribution in [1.29, 1.82) is 0 Å². The Morgan fingerprint density at radius 2 is 1.06 bits per heavy atom. The normalized spacial score (nSPS) is 12.9. The molecule has 0 heterocycles. The molecule has 0 aliphatic heterocycles. The highest BCUT2D eigenvalue weighted by atomic mass is 32.2. The molecule has 0 radical (unpaired) electrons. The van der Waals surface area contributed by atoms with E-state index in [1.807, 2.05) is 0 Å². The second kappa shape index (κ2) is 24.9. The minimum absolute atomic E-state index is 0.243. The van der Waals surface area contributed by atoms with Gasteiger partial charge in [0.25, 0.3) is 0 Å². The van der Waals surface area contributed by atoms with Gasteiger partial charge in [0, 0.05) is 0 Å². The van der Waals surface area contributed by atoms with Gasteiger partial charge in [-0.25, -0.2) is 8.42 Å². The van der Waals surface area contributed by atoms with Crippen LogP contribution in [0.3, 0.4) is 0 Å². The lowest BCUT2D eigenvalue weighted by Gasteiger charge is -2.13. The van der Waals surface area contributed by atoms with E-state index in [0.29, 0.717) is 6.42 Å². The molecule has 0 saturated heterocycles. The lowest BCUT2D eigenvalue weighted by atomic mass is 10.1. The maximum Gasteiger partial charge on any atom is 0.165 e. The zero-order valence-electron chi connectivity index (χ0n) is 21.7. The third-order valence-corrected chi connectivity index (χ3v) is 8.07. The summed E-state index contributed by atoms with van der Waals surface area (Å²) in [6, 6.07) is 0. The third-order valence-electron chi connectivity index (χ3n) is 6.06. The molecule has 8 heteroatoms. The van der Waals surface area contributed by atoms with E-state index in [2.05, 4.69) is 22.9 Å². The average molecular weight is 492 g/mol. The van der Waals surface area contributed by atoms with E-state index >= 15 is 0 Å². The fraction of sp³-hybridized carbons (Fsp3) is 1.00. The molecular weight excluding hydrogens is 434 g/mol. The minimum atomic E-state index is -3.15. The lowest BCUT2D eigenvalue weighted by molar-refractivity contribution is 0.537. The van der Waals surface area contributed by atoms with Crippen LogP contribution in [0.4, 0.5) is 0 Å². The van der Waals surface area contributed by atoms with Crippen LogP contribution < -0.4 is 27.4 Å². The summed E-state index contributed by atoms with van der Waals surface area (Å²) >= 11 is 0. The van der Waals surface area contributed by atoms with Crippen molar-refractivity contribution >= 4 is 9.84 Å². The summed E-state index contributed by atoms with van der Waals surface area (Å²) in [5.74, 6) is 0.243. The Morgan fingerprint density at radius 3 is 1.61 bits per heavy atom. The van der Waals surface area contributed by atoms with Crippen LogP contribution in [-0.2, 0) is 9.84 Å².